The van der Waals surface area contributed by atoms with E-state index in [0.717, 1.165) is 31.4 Å². The Balaban J connectivity index is 1.71. The first-order chi connectivity index (χ1) is 10.9. The lowest BCUT2D eigenvalue weighted by molar-refractivity contribution is 0.0551. The number of piperidine rings is 1. The number of rotatable bonds is 7. The van der Waals surface area contributed by atoms with Gasteiger partial charge in [-0.3, -0.25) is 0 Å². The van der Waals surface area contributed by atoms with Crippen molar-refractivity contribution in [1.82, 2.24) is 4.90 Å². The molecule has 132 valence electrons. The number of hydrogen-bond donors (Lipinski definition) is 0. The molecule has 1 aliphatic carbocycles. The van der Waals surface area contributed by atoms with Crippen LogP contribution in [0.1, 0.15) is 60.3 Å². The minimum Gasteiger partial charge on any atom is -0.372 e. The minimum absolute atomic E-state index is 0.274. The highest BCUT2D eigenvalue weighted by Crippen LogP contribution is 2.36. The van der Waals surface area contributed by atoms with Crippen LogP contribution in [0.5, 0.6) is 0 Å². The van der Waals surface area contributed by atoms with Gasteiger partial charge in [-0.05, 0) is 55.1 Å². The normalized spacial score (nSPS) is 26.6. The van der Waals surface area contributed by atoms with E-state index in [1.165, 1.54) is 37.9 Å². The lowest BCUT2D eigenvalue weighted by Gasteiger charge is -2.32. The summed E-state index contributed by atoms with van der Waals surface area (Å²) in [6.45, 7) is 16.2. The highest BCUT2D eigenvalue weighted by molar-refractivity contribution is 5.30. The third kappa shape index (κ3) is 6.08. The molecular formula is C21H37NO. The second-order valence-electron chi connectivity index (χ2n) is 8.69. The van der Waals surface area contributed by atoms with Crippen LogP contribution in [-0.2, 0) is 4.74 Å². The molecule has 0 bridgehead atoms. The van der Waals surface area contributed by atoms with Crippen molar-refractivity contribution in [3.63, 3.8) is 0 Å². The first-order valence-electron chi connectivity index (χ1n) is 9.59. The molecule has 2 aliphatic rings. The SMILES string of the molecule is CC(C)CC(C)(C)C1=CCC(OCCN2CCCC(C)C2)C=C1. The van der Waals surface area contributed by atoms with Crippen LogP contribution in [0.4, 0.5) is 0 Å². The first-order valence-corrected chi connectivity index (χ1v) is 9.59. The largest absolute Gasteiger partial charge is 0.372 e. The Morgan fingerprint density at radius 3 is 2.74 bits per heavy atom. The zero-order valence-electron chi connectivity index (χ0n) is 16.0. The molecule has 0 aromatic carbocycles. The summed E-state index contributed by atoms with van der Waals surface area (Å²) in [5.74, 6) is 1.59. The number of likely N-dealkylation sites (tertiary alicyclic amines) is 1. The van der Waals surface area contributed by atoms with Gasteiger partial charge < -0.3 is 9.64 Å². The fraction of sp³-hybridized carbons (Fsp3) is 0.810. The average Bonchev–Trinajstić information content (AvgIpc) is 2.46. The average molecular weight is 320 g/mol. The molecule has 0 N–H and O–H groups in total. The van der Waals surface area contributed by atoms with Crippen molar-refractivity contribution in [1.29, 1.82) is 0 Å². The third-order valence-corrected chi connectivity index (χ3v) is 5.24. The van der Waals surface area contributed by atoms with Crippen LogP contribution in [-0.4, -0.2) is 37.2 Å². The molecule has 23 heavy (non-hydrogen) atoms. The topological polar surface area (TPSA) is 12.5 Å². The van der Waals surface area contributed by atoms with Crippen LogP contribution in [0.2, 0.25) is 0 Å². The number of ether oxygens (including phenoxy) is 1. The van der Waals surface area contributed by atoms with Gasteiger partial charge in [-0.25, -0.2) is 0 Å². The van der Waals surface area contributed by atoms with E-state index in [2.05, 4.69) is 57.7 Å². The summed E-state index contributed by atoms with van der Waals surface area (Å²) in [6, 6.07) is 0. The van der Waals surface area contributed by atoms with Crippen molar-refractivity contribution in [3.05, 3.63) is 23.8 Å². The second-order valence-corrected chi connectivity index (χ2v) is 8.69. The molecule has 0 radical (unpaired) electrons. The standard InChI is InChI=1S/C21H37NO/c1-17(2)15-21(4,5)19-8-10-20(11-9-19)23-14-13-22-12-6-7-18(3)16-22/h8-10,17-18,20H,6-7,11-16H2,1-5H3. The Morgan fingerprint density at radius 2 is 2.13 bits per heavy atom. The van der Waals surface area contributed by atoms with E-state index in [4.69, 9.17) is 4.74 Å². The zero-order chi connectivity index (χ0) is 16.9. The molecular weight excluding hydrogens is 282 g/mol. The Hall–Kier alpha value is -0.600. The fourth-order valence-electron chi connectivity index (χ4n) is 4.19. The summed E-state index contributed by atoms with van der Waals surface area (Å²) < 4.78 is 6.09. The number of allylic oxidation sites excluding steroid dienone is 2. The monoisotopic (exact) mass is 319 g/mol. The van der Waals surface area contributed by atoms with Crippen molar-refractivity contribution in [2.24, 2.45) is 17.3 Å². The molecule has 1 aliphatic heterocycles. The maximum atomic E-state index is 6.09. The third-order valence-electron chi connectivity index (χ3n) is 5.24. The summed E-state index contributed by atoms with van der Waals surface area (Å²) in [4.78, 5) is 2.56. The highest BCUT2D eigenvalue weighted by Gasteiger charge is 2.25. The molecule has 2 heteroatoms. The van der Waals surface area contributed by atoms with Crippen LogP contribution >= 0.6 is 0 Å². The predicted molar refractivity (Wildman–Crippen MR) is 99.7 cm³/mol. The smallest absolute Gasteiger partial charge is 0.0794 e. The van der Waals surface area contributed by atoms with E-state index in [1.54, 1.807) is 0 Å². The Labute approximate surface area is 144 Å². The van der Waals surface area contributed by atoms with Crippen LogP contribution < -0.4 is 0 Å². The van der Waals surface area contributed by atoms with E-state index < -0.39 is 0 Å². The van der Waals surface area contributed by atoms with E-state index in [0.29, 0.717) is 0 Å². The molecule has 2 unspecified atom stereocenters. The van der Waals surface area contributed by atoms with E-state index in [9.17, 15) is 0 Å². The quantitative estimate of drug-likeness (QED) is 0.650. The summed E-state index contributed by atoms with van der Waals surface area (Å²) in [7, 11) is 0. The molecule has 0 amide bonds. The van der Waals surface area contributed by atoms with Gasteiger partial charge in [0.25, 0.3) is 0 Å². The summed E-state index contributed by atoms with van der Waals surface area (Å²) in [6.07, 6.45) is 12.3. The number of hydrogen-bond acceptors (Lipinski definition) is 2. The van der Waals surface area contributed by atoms with Crippen molar-refractivity contribution in [2.45, 2.75) is 66.4 Å². The minimum atomic E-state index is 0.274. The molecule has 2 atom stereocenters. The van der Waals surface area contributed by atoms with Gasteiger partial charge in [-0.1, -0.05) is 52.8 Å². The van der Waals surface area contributed by atoms with Crippen LogP contribution in [0.25, 0.3) is 0 Å². The van der Waals surface area contributed by atoms with Gasteiger partial charge in [-0.2, -0.15) is 0 Å². The lowest BCUT2D eigenvalue weighted by atomic mass is 9.75. The van der Waals surface area contributed by atoms with E-state index >= 15 is 0 Å². The molecule has 0 saturated carbocycles. The summed E-state index contributed by atoms with van der Waals surface area (Å²) >= 11 is 0. The first kappa shape index (κ1) is 18.7. The van der Waals surface area contributed by atoms with Crippen molar-refractivity contribution in [3.8, 4) is 0 Å². The molecule has 0 aromatic heterocycles. The van der Waals surface area contributed by atoms with Gasteiger partial charge in [0, 0.05) is 13.1 Å². The van der Waals surface area contributed by atoms with Crippen LogP contribution in [0.15, 0.2) is 23.8 Å². The molecule has 2 rings (SSSR count). The second kappa shape index (κ2) is 8.48. The Kier molecular flexibility index (Phi) is 6.91. The highest BCUT2D eigenvalue weighted by atomic mass is 16.5. The Morgan fingerprint density at radius 1 is 1.35 bits per heavy atom. The van der Waals surface area contributed by atoms with Crippen molar-refractivity contribution >= 4 is 0 Å². The van der Waals surface area contributed by atoms with Gasteiger partial charge in [0.05, 0.1) is 12.7 Å². The van der Waals surface area contributed by atoms with Gasteiger partial charge >= 0.3 is 0 Å². The van der Waals surface area contributed by atoms with Gasteiger partial charge in [-0.15, -0.1) is 0 Å². The summed E-state index contributed by atoms with van der Waals surface area (Å²) in [5, 5.41) is 0. The molecule has 1 fully saturated rings. The summed E-state index contributed by atoms with van der Waals surface area (Å²) in [5.41, 5.74) is 1.76. The number of nitrogens with zero attached hydrogens (tertiary/aromatic N) is 1. The predicted octanol–water partition coefficient (Wildman–Crippen LogP) is 5.06. The van der Waals surface area contributed by atoms with E-state index in [1.807, 2.05) is 0 Å². The lowest BCUT2D eigenvalue weighted by Crippen LogP contribution is -2.37. The van der Waals surface area contributed by atoms with E-state index in [-0.39, 0.29) is 11.5 Å². The molecule has 1 saturated heterocycles. The van der Waals surface area contributed by atoms with Crippen LogP contribution in [0.3, 0.4) is 0 Å². The van der Waals surface area contributed by atoms with Crippen LogP contribution in [0, 0.1) is 17.3 Å². The van der Waals surface area contributed by atoms with Crippen molar-refractivity contribution < 1.29 is 4.74 Å². The molecule has 0 aromatic rings. The maximum absolute atomic E-state index is 6.09. The molecule has 1 heterocycles. The van der Waals surface area contributed by atoms with Crippen molar-refractivity contribution in [2.75, 3.05) is 26.2 Å². The Bertz CT molecular complexity index is 422. The maximum Gasteiger partial charge on any atom is 0.0794 e. The van der Waals surface area contributed by atoms with Gasteiger partial charge in [0.15, 0.2) is 0 Å². The molecule has 2 nitrogen and oxygen atoms in total. The van der Waals surface area contributed by atoms with Gasteiger partial charge in [0.1, 0.15) is 0 Å². The fourth-order valence-corrected chi connectivity index (χ4v) is 4.19. The zero-order valence-corrected chi connectivity index (χ0v) is 16.0. The molecule has 0 spiro atoms. The van der Waals surface area contributed by atoms with Gasteiger partial charge in [0.2, 0.25) is 0 Å².